The molecule has 3 aromatic heterocycles. The van der Waals surface area contributed by atoms with Gasteiger partial charge in [0, 0.05) is 18.3 Å². The molecule has 33 heavy (non-hydrogen) atoms. The number of aryl methyl sites for hydroxylation is 1. The van der Waals surface area contributed by atoms with Gasteiger partial charge in [0.15, 0.2) is 16.7 Å². The number of ether oxygens (including phenoxy) is 2. The van der Waals surface area contributed by atoms with Crippen LogP contribution < -0.4 is 20.3 Å². The maximum Gasteiger partial charge on any atom is 0.272 e. The van der Waals surface area contributed by atoms with Crippen molar-refractivity contribution in [3.63, 3.8) is 0 Å². The van der Waals surface area contributed by atoms with Gasteiger partial charge in [-0.2, -0.15) is 0 Å². The van der Waals surface area contributed by atoms with Crippen LogP contribution in [0.1, 0.15) is 20.3 Å². The fourth-order valence-electron chi connectivity index (χ4n) is 3.63. The standard InChI is InChI=1S/C22H23N5O4S2/c1-13(2)5-7-26-20(29)19-15(6-10-32-19)27-21(26)24-25-22(27)33-12-18(28)23-14-3-4-16-17(11-14)31-9-8-30-16/h3-4,6,10-11,13H,5,7-9,12H2,1-2H3,(H,23,28). The Hall–Kier alpha value is -3.05. The number of fused-ring (bicyclic) bond motifs is 4. The number of nitrogens with one attached hydrogen (secondary N) is 1. The third-order valence-electron chi connectivity index (χ3n) is 5.27. The van der Waals surface area contributed by atoms with Gasteiger partial charge in [-0.05, 0) is 35.9 Å². The average Bonchev–Trinajstić information content (AvgIpc) is 3.44. The number of rotatable bonds is 7. The molecule has 0 unspecified atom stereocenters. The fraction of sp³-hybridized carbons (Fsp3) is 0.364. The SMILES string of the molecule is CC(C)CCn1c(=O)c2sccc2n2c(SCC(=O)Nc3ccc4c(c3)OCCO4)nnc12. The summed E-state index contributed by atoms with van der Waals surface area (Å²) >= 11 is 2.69. The molecule has 0 saturated heterocycles. The van der Waals surface area contributed by atoms with E-state index >= 15 is 0 Å². The minimum atomic E-state index is -0.178. The first-order valence-corrected chi connectivity index (χ1v) is 12.5. The van der Waals surface area contributed by atoms with Crippen LogP contribution in [0.25, 0.3) is 16.0 Å². The summed E-state index contributed by atoms with van der Waals surface area (Å²) in [5.41, 5.74) is 1.35. The number of thioether (sulfide) groups is 1. The van der Waals surface area contributed by atoms with Gasteiger partial charge in [0.2, 0.25) is 11.7 Å². The van der Waals surface area contributed by atoms with Crippen molar-refractivity contribution in [2.45, 2.75) is 32.0 Å². The molecule has 1 aliphatic rings. The van der Waals surface area contributed by atoms with Crippen LogP contribution >= 0.6 is 23.1 Å². The summed E-state index contributed by atoms with van der Waals surface area (Å²) in [5.74, 6) is 2.22. The number of nitrogens with zero attached hydrogens (tertiary/aromatic N) is 4. The number of amides is 1. The molecule has 0 aliphatic carbocycles. The summed E-state index contributed by atoms with van der Waals surface area (Å²) in [5, 5.41) is 13.9. The van der Waals surface area contributed by atoms with Gasteiger partial charge in [-0.25, -0.2) is 0 Å². The van der Waals surface area contributed by atoms with E-state index < -0.39 is 0 Å². The first-order chi connectivity index (χ1) is 16.0. The third kappa shape index (κ3) is 4.30. The van der Waals surface area contributed by atoms with Crippen molar-refractivity contribution in [2.24, 2.45) is 5.92 Å². The van der Waals surface area contributed by atoms with Gasteiger partial charge < -0.3 is 14.8 Å². The predicted octanol–water partition coefficient (Wildman–Crippen LogP) is 3.65. The van der Waals surface area contributed by atoms with Crippen molar-refractivity contribution >= 4 is 50.7 Å². The van der Waals surface area contributed by atoms with Gasteiger partial charge in [-0.15, -0.1) is 21.5 Å². The molecule has 5 rings (SSSR count). The van der Waals surface area contributed by atoms with Gasteiger partial charge >= 0.3 is 0 Å². The molecule has 1 aliphatic heterocycles. The number of anilines is 1. The summed E-state index contributed by atoms with van der Waals surface area (Å²) in [7, 11) is 0. The lowest BCUT2D eigenvalue weighted by atomic mass is 10.1. The van der Waals surface area contributed by atoms with Crippen LogP contribution in [-0.4, -0.2) is 44.0 Å². The van der Waals surface area contributed by atoms with Gasteiger partial charge in [0.1, 0.15) is 17.9 Å². The van der Waals surface area contributed by atoms with Crippen molar-refractivity contribution in [3.05, 3.63) is 40.0 Å². The van der Waals surface area contributed by atoms with E-state index in [-0.39, 0.29) is 17.2 Å². The minimum Gasteiger partial charge on any atom is -0.486 e. The van der Waals surface area contributed by atoms with Crippen LogP contribution in [0.4, 0.5) is 5.69 Å². The van der Waals surface area contributed by atoms with Gasteiger partial charge in [0.25, 0.3) is 5.56 Å². The molecule has 4 aromatic rings. The molecule has 11 heteroatoms. The summed E-state index contributed by atoms with van der Waals surface area (Å²) in [6.45, 7) is 5.82. The second-order valence-corrected chi connectivity index (χ2v) is 9.95. The lowest BCUT2D eigenvalue weighted by Crippen LogP contribution is -2.23. The Balaban J connectivity index is 1.37. The quantitative estimate of drug-likeness (QED) is 0.399. The molecule has 0 fully saturated rings. The highest BCUT2D eigenvalue weighted by Crippen LogP contribution is 2.32. The number of carbonyl (C=O) groups is 1. The molecule has 0 saturated carbocycles. The zero-order valence-electron chi connectivity index (χ0n) is 18.2. The number of thiophene rings is 1. The fourth-order valence-corrected chi connectivity index (χ4v) is 5.19. The van der Waals surface area contributed by atoms with Crippen molar-refractivity contribution in [1.29, 1.82) is 0 Å². The van der Waals surface area contributed by atoms with E-state index in [9.17, 15) is 9.59 Å². The minimum absolute atomic E-state index is 0.0477. The number of aromatic nitrogens is 4. The van der Waals surface area contributed by atoms with E-state index in [1.54, 1.807) is 22.8 Å². The van der Waals surface area contributed by atoms with Gasteiger partial charge in [-0.3, -0.25) is 18.6 Å². The molecular weight excluding hydrogens is 462 g/mol. The highest BCUT2D eigenvalue weighted by molar-refractivity contribution is 7.99. The Kier molecular flexibility index (Phi) is 5.98. The summed E-state index contributed by atoms with van der Waals surface area (Å²) < 4.78 is 15.3. The number of hydrogen-bond donors (Lipinski definition) is 1. The zero-order valence-corrected chi connectivity index (χ0v) is 19.9. The Morgan fingerprint density at radius 1 is 1.21 bits per heavy atom. The van der Waals surface area contributed by atoms with Crippen LogP contribution in [0.15, 0.2) is 39.6 Å². The van der Waals surface area contributed by atoms with E-state index in [1.165, 1.54) is 23.1 Å². The maximum atomic E-state index is 13.0. The second kappa shape index (κ2) is 9.06. The Morgan fingerprint density at radius 2 is 2.03 bits per heavy atom. The van der Waals surface area contributed by atoms with Crippen molar-refractivity contribution in [2.75, 3.05) is 24.3 Å². The smallest absolute Gasteiger partial charge is 0.272 e. The van der Waals surface area contributed by atoms with E-state index in [0.717, 1.165) is 11.9 Å². The Morgan fingerprint density at radius 3 is 2.85 bits per heavy atom. The molecule has 1 aromatic carbocycles. The van der Waals surface area contributed by atoms with E-state index in [2.05, 4.69) is 29.4 Å². The molecule has 1 N–H and O–H groups in total. The van der Waals surface area contributed by atoms with Crippen LogP contribution in [-0.2, 0) is 11.3 Å². The lowest BCUT2D eigenvalue weighted by molar-refractivity contribution is -0.113. The summed E-state index contributed by atoms with van der Waals surface area (Å²) in [4.78, 5) is 25.6. The monoisotopic (exact) mass is 485 g/mol. The first kappa shape index (κ1) is 21.8. The van der Waals surface area contributed by atoms with Crippen LogP contribution in [0.3, 0.4) is 0 Å². The highest BCUT2D eigenvalue weighted by atomic mass is 32.2. The van der Waals surface area contributed by atoms with Crippen LogP contribution in [0.5, 0.6) is 11.5 Å². The third-order valence-corrected chi connectivity index (χ3v) is 7.09. The first-order valence-electron chi connectivity index (χ1n) is 10.7. The van der Waals surface area contributed by atoms with Crippen molar-refractivity contribution in [1.82, 2.24) is 19.2 Å². The van der Waals surface area contributed by atoms with Crippen molar-refractivity contribution in [3.8, 4) is 11.5 Å². The zero-order chi connectivity index (χ0) is 22.9. The number of benzene rings is 1. The summed E-state index contributed by atoms with van der Waals surface area (Å²) in [6, 6.07) is 7.22. The van der Waals surface area contributed by atoms with E-state index in [4.69, 9.17) is 9.47 Å². The highest BCUT2D eigenvalue weighted by Gasteiger charge is 2.19. The predicted molar refractivity (Wildman–Crippen MR) is 129 cm³/mol. The van der Waals surface area contributed by atoms with E-state index in [0.29, 0.717) is 58.5 Å². The molecule has 0 atom stereocenters. The van der Waals surface area contributed by atoms with Crippen LogP contribution in [0, 0.1) is 5.92 Å². The molecule has 1 amide bonds. The number of carbonyl (C=O) groups excluding carboxylic acids is 1. The van der Waals surface area contributed by atoms with E-state index in [1.807, 2.05) is 15.8 Å². The summed E-state index contributed by atoms with van der Waals surface area (Å²) in [6.07, 6.45) is 0.861. The lowest BCUT2D eigenvalue weighted by Gasteiger charge is -2.18. The van der Waals surface area contributed by atoms with Gasteiger partial charge in [0.05, 0.1) is 11.3 Å². The second-order valence-electron chi connectivity index (χ2n) is 8.09. The molecule has 172 valence electrons. The molecule has 9 nitrogen and oxygen atoms in total. The topological polar surface area (TPSA) is 99.8 Å². The Labute approximate surface area is 197 Å². The molecular formula is C22H23N5O4S2. The maximum absolute atomic E-state index is 13.0. The largest absolute Gasteiger partial charge is 0.486 e. The normalized spacial score (nSPS) is 13.2. The van der Waals surface area contributed by atoms with Gasteiger partial charge in [-0.1, -0.05) is 25.6 Å². The number of hydrogen-bond acceptors (Lipinski definition) is 8. The van der Waals surface area contributed by atoms with Crippen LogP contribution in [0.2, 0.25) is 0 Å². The molecule has 4 heterocycles. The molecule has 0 spiro atoms. The Bertz CT molecular complexity index is 1390. The molecule has 0 radical (unpaired) electrons. The molecule has 0 bridgehead atoms. The average molecular weight is 486 g/mol. The van der Waals surface area contributed by atoms with Crippen molar-refractivity contribution < 1.29 is 14.3 Å².